The van der Waals surface area contributed by atoms with Crippen LogP contribution in [0.1, 0.15) is 12.5 Å². The standard InChI is InChI=1S/C18H19N5O5S/c1-28-15-5-3-2-4-14(15)21-16(24)9-22-11-19-17-13(18(22)25)8-20-23(17)12-6-7-29(26,27)10-12/h2-5,8,11-12H,6-7,9-10H2,1H3,(H,21,24). The first-order valence-corrected chi connectivity index (χ1v) is 10.8. The Morgan fingerprint density at radius 3 is 2.86 bits per heavy atom. The molecule has 3 heterocycles. The van der Waals surface area contributed by atoms with E-state index < -0.39 is 21.3 Å². The number of aromatic nitrogens is 4. The number of nitrogens with one attached hydrogen (secondary N) is 1. The SMILES string of the molecule is COc1ccccc1NC(=O)Cn1cnc2c(cnn2C2CCS(=O)(=O)C2)c1=O. The highest BCUT2D eigenvalue weighted by atomic mass is 32.2. The summed E-state index contributed by atoms with van der Waals surface area (Å²) in [5.41, 5.74) is 0.396. The minimum absolute atomic E-state index is 0.0180. The molecule has 1 aromatic carbocycles. The molecular formula is C18H19N5O5S. The maximum Gasteiger partial charge on any atom is 0.264 e. The highest BCUT2D eigenvalue weighted by Gasteiger charge is 2.31. The van der Waals surface area contributed by atoms with Gasteiger partial charge in [-0.2, -0.15) is 5.10 Å². The zero-order valence-electron chi connectivity index (χ0n) is 15.6. The molecule has 1 unspecified atom stereocenters. The molecule has 3 aromatic rings. The molecule has 1 saturated heterocycles. The van der Waals surface area contributed by atoms with Crippen molar-refractivity contribution < 1.29 is 17.9 Å². The predicted octanol–water partition coefficient (Wildman–Crippen LogP) is 0.600. The molecule has 10 nitrogen and oxygen atoms in total. The van der Waals surface area contributed by atoms with Gasteiger partial charge in [0.15, 0.2) is 15.5 Å². The van der Waals surface area contributed by atoms with E-state index in [0.29, 0.717) is 23.5 Å². The van der Waals surface area contributed by atoms with E-state index in [1.807, 2.05) is 0 Å². The molecule has 4 rings (SSSR count). The molecule has 2 aromatic heterocycles. The molecule has 0 aliphatic carbocycles. The second-order valence-electron chi connectivity index (χ2n) is 6.81. The fourth-order valence-electron chi connectivity index (χ4n) is 3.41. The summed E-state index contributed by atoms with van der Waals surface area (Å²) in [6.07, 6.45) is 3.07. The first-order valence-electron chi connectivity index (χ1n) is 8.94. The maximum atomic E-state index is 12.7. The van der Waals surface area contributed by atoms with Crippen LogP contribution < -0.4 is 15.6 Å². The van der Waals surface area contributed by atoms with Crippen LogP contribution in [0.25, 0.3) is 11.0 Å². The summed E-state index contributed by atoms with van der Waals surface area (Å²) in [5.74, 6) is 0.177. The lowest BCUT2D eigenvalue weighted by Crippen LogP contribution is -2.28. The van der Waals surface area contributed by atoms with Crippen molar-refractivity contribution in [2.24, 2.45) is 0 Å². The number of benzene rings is 1. The van der Waals surface area contributed by atoms with E-state index in [1.54, 1.807) is 24.3 Å². The Labute approximate surface area is 166 Å². The topological polar surface area (TPSA) is 125 Å². The van der Waals surface area contributed by atoms with Crippen LogP contribution in [0.4, 0.5) is 5.69 Å². The highest BCUT2D eigenvalue weighted by Crippen LogP contribution is 2.25. The van der Waals surface area contributed by atoms with E-state index in [2.05, 4.69) is 15.4 Å². The number of fused-ring (bicyclic) bond motifs is 1. The zero-order chi connectivity index (χ0) is 20.6. The Morgan fingerprint density at radius 1 is 1.34 bits per heavy atom. The molecule has 11 heteroatoms. The smallest absolute Gasteiger partial charge is 0.264 e. The van der Waals surface area contributed by atoms with Crippen molar-refractivity contribution in [3.8, 4) is 5.75 Å². The third-order valence-electron chi connectivity index (χ3n) is 4.83. The Balaban J connectivity index is 1.57. The summed E-state index contributed by atoms with van der Waals surface area (Å²) in [6, 6.07) is 6.61. The van der Waals surface area contributed by atoms with Gasteiger partial charge in [0.2, 0.25) is 5.91 Å². The van der Waals surface area contributed by atoms with Crippen LogP contribution in [0, 0.1) is 0 Å². The van der Waals surface area contributed by atoms with Crippen LogP contribution in [0.3, 0.4) is 0 Å². The number of amides is 1. The molecule has 1 fully saturated rings. The van der Waals surface area contributed by atoms with Gasteiger partial charge in [-0.15, -0.1) is 0 Å². The van der Waals surface area contributed by atoms with E-state index in [9.17, 15) is 18.0 Å². The number of carbonyl (C=O) groups excluding carboxylic acids is 1. The molecule has 152 valence electrons. The van der Waals surface area contributed by atoms with Crippen LogP contribution >= 0.6 is 0 Å². The number of ether oxygens (including phenoxy) is 1. The number of nitrogens with zero attached hydrogens (tertiary/aromatic N) is 4. The number of sulfone groups is 1. The summed E-state index contributed by atoms with van der Waals surface area (Å²) in [4.78, 5) is 29.4. The van der Waals surface area contributed by atoms with Crippen LogP contribution in [0.15, 0.2) is 41.6 Å². The molecule has 0 bridgehead atoms. The second kappa shape index (κ2) is 7.32. The van der Waals surface area contributed by atoms with Crippen molar-refractivity contribution in [1.82, 2.24) is 19.3 Å². The molecular weight excluding hydrogens is 398 g/mol. The zero-order valence-corrected chi connectivity index (χ0v) is 16.4. The number of methoxy groups -OCH3 is 1. The summed E-state index contributed by atoms with van der Waals surface area (Å²) in [5, 5.41) is 7.12. The molecule has 1 aliphatic heterocycles. The first-order chi connectivity index (χ1) is 13.9. The minimum atomic E-state index is -3.09. The highest BCUT2D eigenvalue weighted by molar-refractivity contribution is 7.91. The lowest BCUT2D eigenvalue weighted by Gasteiger charge is -2.11. The third-order valence-corrected chi connectivity index (χ3v) is 6.58. The normalized spacial score (nSPS) is 18.0. The van der Waals surface area contributed by atoms with E-state index in [1.165, 1.54) is 28.9 Å². The van der Waals surface area contributed by atoms with Gasteiger partial charge in [-0.3, -0.25) is 14.2 Å². The van der Waals surface area contributed by atoms with Crippen LogP contribution in [-0.4, -0.2) is 52.3 Å². The lowest BCUT2D eigenvalue weighted by molar-refractivity contribution is -0.116. The van der Waals surface area contributed by atoms with E-state index in [4.69, 9.17) is 4.74 Å². The van der Waals surface area contributed by atoms with Gasteiger partial charge in [-0.05, 0) is 18.6 Å². The fraction of sp³-hybridized carbons (Fsp3) is 0.333. The van der Waals surface area contributed by atoms with Gasteiger partial charge in [0, 0.05) is 0 Å². The predicted molar refractivity (Wildman–Crippen MR) is 106 cm³/mol. The first kappa shape index (κ1) is 19.1. The number of hydrogen-bond donors (Lipinski definition) is 1. The van der Waals surface area contributed by atoms with Gasteiger partial charge in [-0.25, -0.2) is 18.1 Å². The Hall–Kier alpha value is -3.21. The molecule has 0 spiro atoms. The van der Waals surface area contributed by atoms with Crippen molar-refractivity contribution in [2.75, 3.05) is 23.9 Å². The summed E-state index contributed by atoms with van der Waals surface area (Å²) in [6.45, 7) is -0.233. The van der Waals surface area contributed by atoms with Crippen LogP contribution in [0.2, 0.25) is 0 Å². The molecule has 1 aliphatic rings. The average molecular weight is 417 g/mol. The van der Waals surface area contributed by atoms with Gasteiger partial charge < -0.3 is 10.1 Å². The van der Waals surface area contributed by atoms with Gasteiger partial charge in [0.25, 0.3) is 5.56 Å². The third kappa shape index (κ3) is 3.73. The molecule has 1 atom stereocenters. The fourth-order valence-corrected chi connectivity index (χ4v) is 5.10. The summed E-state index contributed by atoms with van der Waals surface area (Å²) >= 11 is 0. The minimum Gasteiger partial charge on any atom is -0.495 e. The Morgan fingerprint density at radius 2 is 2.14 bits per heavy atom. The largest absolute Gasteiger partial charge is 0.495 e. The van der Waals surface area contributed by atoms with Crippen molar-refractivity contribution in [3.63, 3.8) is 0 Å². The second-order valence-corrected chi connectivity index (χ2v) is 9.04. The number of anilines is 1. The quantitative estimate of drug-likeness (QED) is 0.644. The number of rotatable bonds is 5. The van der Waals surface area contributed by atoms with Gasteiger partial charge >= 0.3 is 0 Å². The van der Waals surface area contributed by atoms with Gasteiger partial charge in [0.05, 0.1) is 36.5 Å². The molecule has 0 radical (unpaired) electrons. The number of carbonyl (C=O) groups is 1. The average Bonchev–Trinajstić information content (AvgIpc) is 3.27. The van der Waals surface area contributed by atoms with Crippen molar-refractivity contribution >= 4 is 32.5 Å². The Kier molecular flexibility index (Phi) is 4.82. The molecule has 1 amide bonds. The van der Waals surface area contributed by atoms with Gasteiger partial charge in [-0.1, -0.05) is 12.1 Å². The van der Waals surface area contributed by atoms with Gasteiger partial charge in [0.1, 0.15) is 24.0 Å². The number of para-hydroxylation sites is 2. The number of hydrogen-bond acceptors (Lipinski definition) is 7. The van der Waals surface area contributed by atoms with Crippen LogP contribution in [0.5, 0.6) is 5.75 Å². The van der Waals surface area contributed by atoms with Crippen molar-refractivity contribution in [2.45, 2.75) is 19.0 Å². The molecule has 0 saturated carbocycles. The molecule has 1 N–H and O–H groups in total. The van der Waals surface area contributed by atoms with Crippen LogP contribution in [-0.2, 0) is 21.2 Å². The summed E-state index contributed by atoms with van der Waals surface area (Å²) in [7, 11) is -1.59. The van der Waals surface area contributed by atoms with E-state index in [-0.39, 0.29) is 29.5 Å². The summed E-state index contributed by atoms with van der Waals surface area (Å²) < 4.78 is 31.3. The maximum absolute atomic E-state index is 12.7. The lowest BCUT2D eigenvalue weighted by atomic mass is 10.3. The monoisotopic (exact) mass is 417 g/mol. The molecule has 29 heavy (non-hydrogen) atoms. The van der Waals surface area contributed by atoms with Crippen molar-refractivity contribution in [1.29, 1.82) is 0 Å². The Bertz CT molecular complexity index is 1250. The van der Waals surface area contributed by atoms with E-state index >= 15 is 0 Å². The van der Waals surface area contributed by atoms with E-state index in [0.717, 1.165) is 0 Å². The van der Waals surface area contributed by atoms with Crippen molar-refractivity contribution in [3.05, 3.63) is 47.1 Å².